The van der Waals surface area contributed by atoms with Crippen molar-refractivity contribution in [2.24, 2.45) is 5.41 Å². The van der Waals surface area contributed by atoms with Crippen molar-refractivity contribution in [2.45, 2.75) is 39.7 Å². The van der Waals surface area contributed by atoms with Crippen LogP contribution in [0.3, 0.4) is 0 Å². The third-order valence-corrected chi connectivity index (χ3v) is 5.63. The van der Waals surface area contributed by atoms with Gasteiger partial charge in [0, 0.05) is 12.8 Å². The number of rotatable bonds is 6. The fourth-order valence-corrected chi connectivity index (χ4v) is 3.84. The molecule has 0 fully saturated rings. The van der Waals surface area contributed by atoms with Gasteiger partial charge < -0.3 is 14.7 Å². The molecule has 1 aliphatic rings. The van der Waals surface area contributed by atoms with E-state index in [1.165, 1.54) is 11.2 Å². The minimum Gasteiger partial charge on any atom is -0.494 e. The predicted molar refractivity (Wildman–Crippen MR) is 107 cm³/mol. The van der Waals surface area contributed by atoms with Gasteiger partial charge in [-0.2, -0.15) is 0 Å². The fraction of sp³-hybridized carbons (Fsp3) is 0.550. The van der Waals surface area contributed by atoms with Crippen molar-refractivity contribution in [1.82, 2.24) is 4.90 Å². The Morgan fingerprint density at radius 2 is 1.89 bits per heavy atom. The lowest BCUT2D eigenvalue weighted by molar-refractivity contribution is 0.100. The maximum atomic E-state index is 11.5. The zero-order chi connectivity index (χ0) is 20.2. The molecule has 0 aliphatic carbocycles. The van der Waals surface area contributed by atoms with E-state index in [-0.39, 0.29) is 17.2 Å². The number of nitrogens with zero attached hydrogens (tertiary/aromatic N) is 1. The fourth-order valence-electron chi connectivity index (χ4n) is 3.19. The van der Waals surface area contributed by atoms with Gasteiger partial charge in [0.15, 0.2) is 0 Å². The molecule has 150 valence electrons. The number of carboxylic acid groups (broad SMARTS) is 1. The first kappa shape index (κ1) is 21.3. The van der Waals surface area contributed by atoms with Gasteiger partial charge in [-0.25, -0.2) is 13.2 Å². The lowest BCUT2D eigenvalue weighted by Crippen LogP contribution is -2.48. The highest BCUT2D eigenvalue weighted by Gasteiger charge is 2.34. The summed E-state index contributed by atoms with van der Waals surface area (Å²) in [5.74, 6) is 0.815. The summed E-state index contributed by atoms with van der Waals surface area (Å²) in [6, 6.07) is 7.49. The van der Waals surface area contributed by atoms with Crippen LogP contribution in [0, 0.1) is 5.41 Å². The van der Waals surface area contributed by atoms with Crippen molar-refractivity contribution in [3.63, 3.8) is 0 Å². The van der Waals surface area contributed by atoms with Crippen LogP contribution in [-0.4, -0.2) is 55.7 Å². The van der Waals surface area contributed by atoms with Crippen LogP contribution in [0.2, 0.25) is 0 Å². The average Bonchev–Trinajstić information content (AvgIpc) is 2.57. The number of sulfone groups is 1. The minimum absolute atomic E-state index is 0.117. The number of benzene rings is 1. The predicted octanol–water partition coefficient (Wildman–Crippen LogP) is 3.68. The SMILES string of the molecule is CC(C)(C)C1C=C(c2ccc(OCCCS(C)(=O)=O)cc2)CCN1C(=O)O. The van der Waals surface area contributed by atoms with Crippen LogP contribution in [-0.2, 0) is 9.84 Å². The van der Waals surface area contributed by atoms with Crippen LogP contribution >= 0.6 is 0 Å². The standard InChI is InChI=1S/C20H29NO5S/c1-20(2,3)18-14-16(10-11-21(18)19(22)23)15-6-8-17(9-7-15)26-12-5-13-27(4,24)25/h6-9,14,18H,5,10-13H2,1-4H3,(H,22,23). The normalized spacial score (nSPS) is 18.1. The molecule has 6 nitrogen and oxygen atoms in total. The summed E-state index contributed by atoms with van der Waals surface area (Å²) in [5, 5.41) is 9.46. The van der Waals surface area contributed by atoms with Gasteiger partial charge in [0.1, 0.15) is 15.6 Å². The molecule has 0 saturated carbocycles. The topological polar surface area (TPSA) is 83.9 Å². The highest BCUT2D eigenvalue weighted by molar-refractivity contribution is 7.90. The van der Waals surface area contributed by atoms with E-state index in [9.17, 15) is 18.3 Å². The van der Waals surface area contributed by atoms with Gasteiger partial charge in [0.25, 0.3) is 0 Å². The molecule has 27 heavy (non-hydrogen) atoms. The first-order valence-electron chi connectivity index (χ1n) is 9.08. The molecular weight excluding hydrogens is 366 g/mol. The minimum atomic E-state index is -2.96. The molecule has 0 saturated heterocycles. The number of hydrogen-bond acceptors (Lipinski definition) is 4. The number of amides is 1. The first-order chi connectivity index (χ1) is 12.5. The molecule has 1 unspecified atom stereocenters. The second-order valence-electron chi connectivity index (χ2n) is 8.09. The number of carbonyl (C=O) groups is 1. The number of ether oxygens (including phenoxy) is 1. The maximum Gasteiger partial charge on any atom is 0.407 e. The molecule has 1 heterocycles. The molecule has 0 spiro atoms. The summed E-state index contributed by atoms with van der Waals surface area (Å²) in [6.07, 6.45) is 3.52. The van der Waals surface area contributed by atoms with E-state index in [4.69, 9.17) is 4.74 Å². The molecule has 0 aromatic heterocycles. The van der Waals surface area contributed by atoms with Crippen molar-refractivity contribution < 1.29 is 23.1 Å². The third kappa shape index (κ3) is 6.27. The largest absolute Gasteiger partial charge is 0.494 e. The van der Waals surface area contributed by atoms with E-state index in [0.717, 1.165) is 11.1 Å². The number of hydrogen-bond donors (Lipinski definition) is 1. The Labute approximate surface area is 161 Å². The van der Waals surface area contributed by atoms with Crippen molar-refractivity contribution in [2.75, 3.05) is 25.2 Å². The van der Waals surface area contributed by atoms with Crippen molar-refractivity contribution in [3.8, 4) is 5.75 Å². The van der Waals surface area contributed by atoms with Gasteiger partial charge >= 0.3 is 6.09 Å². The van der Waals surface area contributed by atoms with Crippen LogP contribution in [0.4, 0.5) is 4.79 Å². The van der Waals surface area contributed by atoms with Crippen LogP contribution in [0.25, 0.3) is 5.57 Å². The van der Waals surface area contributed by atoms with Crippen LogP contribution in [0.1, 0.15) is 39.2 Å². The van der Waals surface area contributed by atoms with E-state index in [1.54, 1.807) is 0 Å². The lowest BCUT2D eigenvalue weighted by Gasteiger charge is -2.40. The molecule has 1 aromatic carbocycles. The van der Waals surface area contributed by atoms with Crippen molar-refractivity contribution in [1.29, 1.82) is 0 Å². The molecule has 1 aromatic rings. The van der Waals surface area contributed by atoms with Crippen molar-refractivity contribution >= 4 is 21.5 Å². The Morgan fingerprint density at radius 1 is 1.26 bits per heavy atom. The molecule has 1 N–H and O–H groups in total. The van der Waals surface area contributed by atoms with Gasteiger partial charge in [0.2, 0.25) is 0 Å². The summed E-state index contributed by atoms with van der Waals surface area (Å²) in [6.45, 7) is 6.96. The molecule has 1 aliphatic heterocycles. The third-order valence-electron chi connectivity index (χ3n) is 4.60. The molecule has 1 amide bonds. The average molecular weight is 396 g/mol. The maximum absolute atomic E-state index is 11.5. The molecule has 2 rings (SSSR count). The van der Waals surface area contributed by atoms with Gasteiger partial charge in [-0.1, -0.05) is 39.0 Å². The Balaban J connectivity index is 2.06. The van der Waals surface area contributed by atoms with E-state index in [0.29, 0.717) is 31.7 Å². The van der Waals surface area contributed by atoms with Crippen LogP contribution in [0.15, 0.2) is 30.3 Å². The Kier molecular flexibility index (Phi) is 6.57. The van der Waals surface area contributed by atoms with E-state index < -0.39 is 15.9 Å². The summed E-state index contributed by atoms with van der Waals surface area (Å²) >= 11 is 0. The molecule has 0 radical (unpaired) electrons. The second kappa shape index (κ2) is 8.33. The summed E-state index contributed by atoms with van der Waals surface area (Å²) in [4.78, 5) is 13.0. The Hall–Kier alpha value is -2.02. The highest BCUT2D eigenvalue weighted by Crippen LogP contribution is 2.34. The first-order valence-corrected chi connectivity index (χ1v) is 11.1. The molecule has 0 bridgehead atoms. The summed E-state index contributed by atoms with van der Waals surface area (Å²) in [5.41, 5.74) is 2.00. The van der Waals surface area contributed by atoms with Gasteiger partial charge in [-0.15, -0.1) is 0 Å². The van der Waals surface area contributed by atoms with Gasteiger partial charge in [-0.3, -0.25) is 0 Å². The zero-order valence-corrected chi connectivity index (χ0v) is 17.3. The zero-order valence-electron chi connectivity index (χ0n) is 16.4. The second-order valence-corrected chi connectivity index (χ2v) is 10.3. The monoisotopic (exact) mass is 395 g/mol. The van der Waals surface area contributed by atoms with E-state index in [1.807, 2.05) is 45.0 Å². The smallest absolute Gasteiger partial charge is 0.407 e. The quantitative estimate of drug-likeness (QED) is 0.743. The Bertz CT molecular complexity index is 791. The highest BCUT2D eigenvalue weighted by atomic mass is 32.2. The summed E-state index contributed by atoms with van der Waals surface area (Å²) < 4.78 is 27.8. The van der Waals surface area contributed by atoms with Gasteiger partial charge in [-0.05, 0) is 41.5 Å². The van der Waals surface area contributed by atoms with E-state index >= 15 is 0 Å². The Morgan fingerprint density at radius 3 is 2.41 bits per heavy atom. The van der Waals surface area contributed by atoms with Crippen molar-refractivity contribution in [3.05, 3.63) is 35.9 Å². The molecule has 1 atom stereocenters. The van der Waals surface area contributed by atoms with Crippen LogP contribution in [0.5, 0.6) is 5.75 Å². The lowest BCUT2D eigenvalue weighted by atomic mass is 9.81. The summed E-state index contributed by atoms with van der Waals surface area (Å²) in [7, 11) is -2.96. The van der Waals surface area contributed by atoms with Gasteiger partial charge in [0.05, 0.1) is 18.4 Å². The molecular formula is C20H29NO5S. The van der Waals surface area contributed by atoms with Crippen LogP contribution < -0.4 is 4.74 Å². The molecule has 7 heteroatoms. The van der Waals surface area contributed by atoms with E-state index in [2.05, 4.69) is 6.08 Å².